The summed E-state index contributed by atoms with van der Waals surface area (Å²) in [6.45, 7) is 4.55. The van der Waals surface area contributed by atoms with Gasteiger partial charge >= 0.3 is 0 Å². The topological polar surface area (TPSA) is 61.4 Å². The lowest BCUT2D eigenvalue weighted by molar-refractivity contribution is -0.123. The van der Waals surface area contributed by atoms with Crippen molar-refractivity contribution in [2.45, 2.75) is 64.5 Å². The van der Waals surface area contributed by atoms with Gasteiger partial charge in [0.25, 0.3) is 0 Å². The van der Waals surface area contributed by atoms with Crippen LogP contribution in [0.4, 0.5) is 0 Å². The summed E-state index contributed by atoms with van der Waals surface area (Å²) in [7, 11) is 0. The predicted molar refractivity (Wildman–Crippen MR) is 107 cm³/mol. The van der Waals surface area contributed by atoms with Gasteiger partial charge in [-0.15, -0.1) is 0 Å². The number of nitrogens with zero attached hydrogens (tertiary/aromatic N) is 1. The van der Waals surface area contributed by atoms with Crippen molar-refractivity contribution in [1.29, 1.82) is 0 Å². The first kappa shape index (κ1) is 19.9. The number of hydrogen-bond acceptors (Lipinski definition) is 3. The first-order valence-electron chi connectivity index (χ1n) is 10.6. The van der Waals surface area contributed by atoms with Gasteiger partial charge in [-0.05, 0) is 56.3 Å². The number of hydrogen-bond donors (Lipinski definition) is 2. The van der Waals surface area contributed by atoms with Gasteiger partial charge in [0.15, 0.2) is 0 Å². The monoisotopic (exact) mass is 371 g/mol. The zero-order valence-electron chi connectivity index (χ0n) is 16.3. The minimum atomic E-state index is 0.0496. The Hall–Kier alpha value is -1.88. The number of benzene rings is 1. The molecule has 1 saturated carbocycles. The Kier molecular flexibility index (Phi) is 7.69. The molecule has 2 fully saturated rings. The van der Waals surface area contributed by atoms with Crippen LogP contribution in [0.5, 0.6) is 0 Å². The van der Waals surface area contributed by atoms with Gasteiger partial charge in [0.05, 0.1) is 0 Å². The first-order chi connectivity index (χ1) is 13.2. The molecular formula is C22H33N3O2. The van der Waals surface area contributed by atoms with Gasteiger partial charge < -0.3 is 10.6 Å². The van der Waals surface area contributed by atoms with Gasteiger partial charge in [-0.25, -0.2) is 0 Å². The van der Waals surface area contributed by atoms with E-state index in [-0.39, 0.29) is 17.7 Å². The number of carbonyl (C=O) groups excluding carboxylic acids is 2. The molecular weight excluding hydrogens is 338 g/mol. The van der Waals surface area contributed by atoms with Gasteiger partial charge in [0.1, 0.15) is 0 Å². The molecule has 2 N–H and O–H groups in total. The van der Waals surface area contributed by atoms with Crippen molar-refractivity contribution in [2.24, 2.45) is 5.92 Å². The molecule has 1 aromatic rings. The third-order valence-corrected chi connectivity index (χ3v) is 5.41. The SMILES string of the molecule is O=C(CCCNC(=O)C1CC1)NCc1cccc(CN2CCCCCC2)c1. The average molecular weight is 372 g/mol. The van der Waals surface area contributed by atoms with Gasteiger partial charge in [0.2, 0.25) is 11.8 Å². The molecule has 5 heteroatoms. The van der Waals surface area contributed by atoms with Crippen molar-refractivity contribution in [2.75, 3.05) is 19.6 Å². The second kappa shape index (κ2) is 10.5. The highest BCUT2D eigenvalue weighted by molar-refractivity contribution is 5.81. The summed E-state index contributed by atoms with van der Waals surface area (Å²) in [5.41, 5.74) is 2.48. The second-order valence-electron chi connectivity index (χ2n) is 7.96. The smallest absolute Gasteiger partial charge is 0.223 e. The molecule has 3 rings (SSSR count). The number of likely N-dealkylation sites (tertiary alicyclic amines) is 1. The number of nitrogens with one attached hydrogen (secondary N) is 2. The van der Waals surface area contributed by atoms with Gasteiger partial charge in [-0.2, -0.15) is 0 Å². The second-order valence-corrected chi connectivity index (χ2v) is 7.96. The van der Waals surface area contributed by atoms with Gasteiger partial charge in [0, 0.05) is 32.0 Å². The van der Waals surface area contributed by atoms with Gasteiger partial charge in [-0.3, -0.25) is 14.5 Å². The van der Waals surface area contributed by atoms with E-state index in [0.29, 0.717) is 25.9 Å². The average Bonchev–Trinajstić information content (AvgIpc) is 3.52. The standard InChI is InChI=1S/C22H33N3O2/c26-21(9-6-12-23-22(27)20-10-11-20)24-16-18-7-5-8-19(15-18)17-25-13-3-1-2-4-14-25/h5,7-8,15,20H,1-4,6,9-14,16-17H2,(H,23,27)(H,24,26). The summed E-state index contributed by atoms with van der Waals surface area (Å²) in [5, 5.41) is 5.90. The highest BCUT2D eigenvalue weighted by Crippen LogP contribution is 2.28. The molecule has 1 heterocycles. The minimum absolute atomic E-state index is 0.0496. The van der Waals surface area contributed by atoms with Crippen molar-refractivity contribution in [3.63, 3.8) is 0 Å². The van der Waals surface area contributed by atoms with Crippen molar-refractivity contribution >= 4 is 11.8 Å². The number of rotatable bonds is 9. The molecule has 0 bridgehead atoms. The fourth-order valence-electron chi connectivity index (χ4n) is 3.63. The fraction of sp³-hybridized carbons (Fsp3) is 0.636. The van der Waals surface area contributed by atoms with Crippen LogP contribution in [0.3, 0.4) is 0 Å². The van der Waals surface area contributed by atoms with E-state index in [1.165, 1.54) is 44.3 Å². The summed E-state index contributed by atoms with van der Waals surface area (Å²) in [4.78, 5) is 26.1. The van der Waals surface area contributed by atoms with E-state index in [2.05, 4.69) is 39.8 Å². The van der Waals surface area contributed by atoms with Crippen LogP contribution in [0.1, 0.15) is 62.5 Å². The molecule has 1 aromatic carbocycles. The van der Waals surface area contributed by atoms with Crippen LogP contribution in [0, 0.1) is 5.92 Å². The highest BCUT2D eigenvalue weighted by Gasteiger charge is 2.28. The molecule has 0 radical (unpaired) electrons. The van der Waals surface area contributed by atoms with E-state index in [1.54, 1.807) is 0 Å². The van der Waals surface area contributed by atoms with Crippen LogP contribution in [0.25, 0.3) is 0 Å². The van der Waals surface area contributed by atoms with Crippen LogP contribution in [0.2, 0.25) is 0 Å². The largest absolute Gasteiger partial charge is 0.356 e. The van der Waals surface area contributed by atoms with E-state index < -0.39 is 0 Å². The quantitative estimate of drug-likeness (QED) is 0.656. The van der Waals surface area contributed by atoms with Crippen molar-refractivity contribution < 1.29 is 9.59 Å². The lowest BCUT2D eigenvalue weighted by atomic mass is 10.1. The summed E-state index contributed by atoms with van der Waals surface area (Å²) < 4.78 is 0. The third-order valence-electron chi connectivity index (χ3n) is 5.41. The van der Waals surface area contributed by atoms with E-state index in [9.17, 15) is 9.59 Å². The molecule has 27 heavy (non-hydrogen) atoms. The molecule has 5 nitrogen and oxygen atoms in total. The summed E-state index contributed by atoms with van der Waals surface area (Å²) in [5.74, 6) is 0.436. The molecule has 1 aliphatic heterocycles. The Bertz CT molecular complexity index is 620. The molecule has 148 valence electrons. The van der Waals surface area contributed by atoms with E-state index in [0.717, 1.165) is 24.9 Å². The van der Waals surface area contributed by atoms with Crippen LogP contribution < -0.4 is 10.6 Å². The maximum Gasteiger partial charge on any atom is 0.223 e. The number of carbonyl (C=O) groups is 2. The molecule has 0 aromatic heterocycles. The Morgan fingerprint density at radius 1 is 1.00 bits per heavy atom. The molecule has 2 aliphatic rings. The Balaban J connectivity index is 1.34. The molecule has 1 aliphatic carbocycles. The van der Waals surface area contributed by atoms with E-state index in [4.69, 9.17) is 0 Å². The minimum Gasteiger partial charge on any atom is -0.356 e. The van der Waals surface area contributed by atoms with Crippen LogP contribution in [-0.2, 0) is 22.7 Å². The summed E-state index contributed by atoms with van der Waals surface area (Å²) in [6.07, 6.45) is 8.50. The molecule has 0 atom stereocenters. The lowest BCUT2D eigenvalue weighted by Crippen LogP contribution is -2.28. The molecule has 2 amide bonds. The van der Waals surface area contributed by atoms with Crippen LogP contribution in [-0.4, -0.2) is 36.3 Å². The highest BCUT2D eigenvalue weighted by atomic mass is 16.2. The summed E-state index contributed by atoms with van der Waals surface area (Å²) >= 11 is 0. The van der Waals surface area contributed by atoms with Crippen LogP contribution >= 0.6 is 0 Å². The first-order valence-corrected chi connectivity index (χ1v) is 10.6. The maximum atomic E-state index is 12.0. The Morgan fingerprint density at radius 2 is 1.74 bits per heavy atom. The van der Waals surface area contributed by atoms with Gasteiger partial charge in [-0.1, -0.05) is 37.1 Å². The fourth-order valence-corrected chi connectivity index (χ4v) is 3.63. The molecule has 0 spiro atoms. The summed E-state index contributed by atoms with van der Waals surface area (Å²) in [6, 6.07) is 8.55. The van der Waals surface area contributed by atoms with E-state index in [1.807, 2.05) is 0 Å². The lowest BCUT2D eigenvalue weighted by Gasteiger charge is -2.20. The van der Waals surface area contributed by atoms with Crippen molar-refractivity contribution in [3.05, 3.63) is 35.4 Å². The van der Waals surface area contributed by atoms with Crippen molar-refractivity contribution in [1.82, 2.24) is 15.5 Å². The molecule has 1 saturated heterocycles. The third kappa shape index (κ3) is 7.33. The Morgan fingerprint density at radius 3 is 2.48 bits per heavy atom. The predicted octanol–water partition coefficient (Wildman–Crippen LogP) is 2.99. The zero-order chi connectivity index (χ0) is 18.9. The zero-order valence-corrected chi connectivity index (χ0v) is 16.3. The molecule has 0 unspecified atom stereocenters. The number of amides is 2. The maximum absolute atomic E-state index is 12.0. The van der Waals surface area contributed by atoms with Crippen molar-refractivity contribution in [3.8, 4) is 0 Å². The Labute approximate surface area is 162 Å². The normalized spacial score (nSPS) is 17.9. The van der Waals surface area contributed by atoms with Crippen LogP contribution in [0.15, 0.2) is 24.3 Å². The van der Waals surface area contributed by atoms with E-state index >= 15 is 0 Å².